The molecule has 17 heavy (non-hydrogen) atoms. The van der Waals surface area contributed by atoms with Gasteiger partial charge in [0.05, 0.1) is 11.0 Å². The number of aromatic amines is 1. The maximum atomic E-state index is 4.58. The Morgan fingerprint density at radius 2 is 1.76 bits per heavy atom. The third-order valence-electron chi connectivity index (χ3n) is 2.99. The summed E-state index contributed by atoms with van der Waals surface area (Å²) in [5.74, 6) is 0. The number of aromatic nitrogens is 2. The molecule has 0 bridgehead atoms. The fourth-order valence-corrected chi connectivity index (χ4v) is 1.87. The predicted molar refractivity (Wildman–Crippen MR) is 76.8 cm³/mol. The van der Waals surface area contributed by atoms with Gasteiger partial charge in [-0.2, -0.15) is 12.6 Å². The van der Waals surface area contributed by atoms with Gasteiger partial charge < -0.3 is 4.98 Å². The van der Waals surface area contributed by atoms with E-state index in [0.29, 0.717) is 0 Å². The molecule has 3 heteroatoms. The van der Waals surface area contributed by atoms with Gasteiger partial charge in [-0.15, -0.1) is 0 Å². The number of rotatable bonds is 1. The number of pyridine rings is 1. The van der Waals surface area contributed by atoms with Crippen molar-refractivity contribution < 1.29 is 0 Å². The number of nitrogens with one attached hydrogen (secondary N) is 1. The van der Waals surface area contributed by atoms with Crippen LogP contribution in [0.2, 0.25) is 0 Å². The molecule has 0 aromatic carbocycles. The van der Waals surface area contributed by atoms with Crippen LogP contribution in [0.4, 0.5) is 0 Å². The smallest absolute Gasteiger partial charge is 0.0882 e. The summed E-state index contributed by atoms with van der Waals surface area (Å²) in [6, 6.07) is 4.26. The molecule has 0 spiro atoms. The van der Waals surface area contributed by atoms with E-state index in [1.807, 2.05) is 6.20 Å². The Labute approximate surface area is 108 Å². The van der Waals surface area contributed by atoms with Crippen LogP contribution in [-0.4, -0.2) is 9.97 Å². The first-order valence-corrected chi connectivity index (χ1v) is 6.35. The van der Waals surface area contributed by atoms with E-state index >= 15 is 0 Å². The lowest BCUT2D eigenvalue weighted by atomic mass is 9.88. The summed E-state index contributed by atoms with van der Waals surface area (Å²) in [7, 11) is 0. The van der Waals surface area contributed by atoms with Crippen molar-refractivity contribution in [3.8, 4) is 0 Å². The van der Waals surface area contributed by atoms with E-state index in [4.69, 9.17) is 0 Å². The highest BCUT2D eigenvalue weighted by Crippen LogP contribution is 2.30. The van der Waals surface area contributed by atoms with Crippen molar-refractivity contribution in [2.45, 2.75) is 44.8 Å². The molecule has 2 rings (SSSR count). The SMILES string of the molecule is CC(C)(C)c1cnc2cc(C(C)(C)S)[nH]c2c1. The van der Waals surface area contributed by atoms with Gasteiger partial charge in [0.15, 0.2) is 0 Å². The molecule has 0 fully saturated rings. The molecule has 0 amide bonds. The molecule has 2 heterocycles. The summed E-state index contributed by atoms with van der Waals surface area (Å²) < 4.78 is -0.164. The first-order valence-electron chi connectivity index (χ1n) is 5.90. The van der Waals surface area contributed by atoms with E-state index in [-0.39, 0.29) is 10.2 Å². The van der Waals surface area contributed by atoms with Crippen LogP contribution >= 0.6 is 12.6 Å². The van der Waals surface area contributed by atoms with Crippen LogP contribution in [-0.2, 0) is 10.2 Å². The third-order valence-corrected chi connectivity index (χ3v) is 3.23. The van der Waals surface area contributed by atoms with E-state index in [0.717, 1.165) is 16.7 Å². The summed E-state index contributed by atoms with van der Waals surface area (Å²) >= 11 is 4.58. The largest absolute Gasteiger partial charge is 0.356 e. The molecular weight excluding hydrogens is 228 g/mol. The number of nitrogens with zero attached hydrogens (tertiary/aromatic N) is 1. The fourth-order valence-electron chi connectivity index (χ4n) is 1.75. The van der Waals surface area contributed by atoms with Crippen molar-refractivity contribution in [1.29, 1.82) is 0 Å². The molecule has 2 aromatic rings. The summed E-state index contributed by atoms with van der Waals surface area (Å²) in [5.41, 5.74) is 4.58. The highest BCUT2D eigenvalue weighted by molar-refractivity contribution is 7.81. The molecule has 0 unspecified atom stereocenters. The van der Waals surface area contributed by atoms with Gasteiger partial charge in [-0.1, -0.05) is 20.8 Å². The topological polar surface area (TPSA) is 28.7 Å². The van der Waals surface area contributed by atoms with Gasteiger partial charge in [0, 0.05) is 16.6 Å². The molecule has 0 atom stereocenters. The van der Waals surface area contributed by atoms with Crippen LogP contribution in [0, 0.1) is 0 Å². The highest BCUT2D eigenvalue weighted by atomic mass is 32.1. The highest BCUT2D eigenvalue weighted by Gasteiger charge is 2.19. The molecule has 92 valence electrons. The quantitative estimate of drug-likeness (QED) is 0.733. The number of hydrogen-bond donors (Lipinski definition) is 2. The predicted octanol–water partition coefficient (Wildman–Crippen LogP) is 4.03. The van der Waals surface area contributed by atoms with E-state index < -0.39 is 0 Å². The lowest BCUT2D eigenvalue weighted by Gasteiger charge is -2.18. The van der Waals surface area contributed by atoms with Gasteiger partial charge in [0.2, 0.25) is 0 Å². The Bertz CT molecular complexity index is 529. The van der Waals surface area contributed by atoms with Gasteiger partial charge >= 0.3 is 0 Å². The van der Waals surface area contributed by atoms with Crippen LogP contribution < -0.4 is 0 Å². The molecular formula is C14H20N2S. The van der Waals surface area contributed by atoms with E-state index in [1.54, 1.807) is 0 Å². The summed E-state index contributed by atoms with van der Waals surface area (Å²) in [6.45, 7) is 10.7. The molecule has 2 nitrogen and oxygen atoms in total. The Morgan fingerprint density at radius 1 is 1.12 bits per heavy atom. The lowest BCUT2D eigenvalue weighted by molar-refractivity contribution is 0.588. The molecule has 0 aliphatic rings. The summed E-state index contributed by atoms with van der Waals surface area (Å²) in [4.78, 5) is 7.93. The van der Waals surface area contributed by atoms with E-state index in [1.165, 1.54) is 5.56 Å². The second-order valence-electron chi connectivity index (χ2n) is 6.15. The maximum absolute atomic E-state index is 4.58. The van der Waals surface area contributed by atoms with Crippen molar-refractivity contribution in [3.63, 3.8) is 0 Å². The zero-order valence-corrected chi connectivity index (χ0v) is 12.0. The van der Waals surface area contributed by atoms with Crippen LogP contribution in [0.1, 0.15) is 45.9 Å². The molecule has 0 aliphatic carbocycles. The first-order chi connectivity index (χ1) is 7.68. The minimum absolute atomic E-state index is 0.128. The second-order valence-corrected chi connectivity index (χ2v) is 7.27. The zero-order chi connectivity index (χ0) is 12.8. The van der Waals surface area contributed by atoms with Gasteiger partial charge in [0.1, 0.15) is 0 Å². The van der Waals surface area contributed by atoms with Gasteiger partial charge in [-0.05, 0) is 37.0 Å². The summed E-state index contributed by atoms with van der Waals surface area (Å²) in [5, 5.41) is 0. The van der Waals surface area contributed by atoms with Crippen molar-refractivity contribution >= 4 is 23.7 Å². The first kappa shape index (κ1) is 12.5. The zero-order valence-electron chi connectivity index (χ0n) is 11.1. The van der Waals surface area contributed by atoms with E-state index in [2.05, 4.69) is 69.3 Å². The third kappa shape index (κ3) is 2.49. The number of H-pyrrole nitrogens is 1. The van der Waals surface area contributed by atoms with Crippen LogP contribution in [0.25, 0.3) is 11.0 Å². The van der Waals surface area contributed by atoms with Gasteiger partial charge in [-0.25, -0.2) is 0 Å². The Kier molecular flexibility index (Phi) is 2.77. The van der Waals surface area contributed by atoms with Gasteiger partial charge in [0.25, 0.3) is 0 Å². The van der Waals surface area contributed by atoms with E-state index in [9.17, 15) is 0 Å². The molecule has 0 aliphatic heterocycles. The average molecular weight is 248 g/mol. The van der Waals surface area contributed by atoms with Crippen molar-refractivity contribution in [2.24, 2.45) is 0 Å². The van der Waals surface area contributed by atoms with Gasteiger partial charge in [-0.3, -0.25) is 4.98 Å². The minimum Gasteiger partial charge on any atom is -0.356 e. The molecule has 0 radical (unpaired) electrons. The average Bonchev–Trinajstić information content (AvgIpc) is 2.57. The van der Waals surface area contributed by atoms with Crippen molar-refractivity contribution in [3.05, 3.63) is 29.6 Å². The Morgan fingerprint density at radius 3 is 2.29 bits per heavy atom. The number of thiol groups is 1. The normalized spacial score (nSPS) is 13.3. The minimum atomic E-state index is -0.164. The van der Waals surface area contributed by atoms with Crippen molar-refractivity contribution in [2.75, 3.05) is 0 Å². The lowest BCUT2D eigenvalue weighted by Crippen LogP contribution is -2.11. The second kappa shape index (κ2) is 3.77. The number of fused-ring (bicyclic) bond motifs is 1. The molecule has 1 N–H and O–H groups in total. The maximum Gasteiger partial charge on any atom is 0.0882 e. The Balaban J connectivity index is 2.56. The molecule has 2 aromatic heterocycles. The van der Waals surface area contributed by atoms with Crippen molar-refractivity contribution in [1.82, 2.24) is 9.97 Å². The van der Waals surface area contributed by atoms with Crippen LogP contribution in [0.15, 0.2) is 18.3 Å². The standard InChI is InChI=1S/C14H20N2S/c1-13(2,3)9-6-11-10(15-8-9)7-12(16-11)14(4,5)17/h6-8,16-17H,1-5H3. The number of hydrogen-bond acceptors (Lipinski definition) is 2. The fraction of sp³-hybridized carbons (Fsp3) is 0.500. The molecule has 0 saturated carbocycles. The Hall–Kier alpha value is -0.960. The van der Waals surface area contributed by atoms with Crippen LogP contribution in [0.3, 0.4) is 0 Å². The summed E-state index contributed by atoms with van der Waals surface area (Å²) in [6.07, 6.45) is 1.96. The van der Waals surface area contributed by atoms with Crippen LogP contribution in [0.5, 0.6) is 0 Å². The molecule has 0 saturated heterocycles. The monoisotopic (exact) mass is 248 g/mol.